The minimum absolute atomic E-state index is 0.0617. The van der Waals surface area contributed by atoms with Gasteiger partial charge < -0.3 is 14.7 Å². The molecular weight excluding hydrogens is 478 g/mol. The Morgan fingerprint density at radius 1 is 1.08 bits per heavy atom. The highest BCUT2D eigenvalue weighted by molar-refractivity contribution is 7.95. The van der Waals surface area contributed by atoms with Gasteiger partial charge >= 0.3 is 0 Å². The number of carbonyl (C=O) groups excluding carboxylic acids is 1. The first-order chi connectivity index (χ1) is 16.9. The summed E-state index contributed by atoms with van der Waals surface area (Å²) in [6.07, 6.45) is 3.50. The lowest BCUT2D eigenvalue weighted by atomic mass is 9.87. The molecule has 0 bridgehead atoms. The molecule has 5 heterocycles. The molecule has 3 atom stereocenters. The Morgan fingerprint density at radius 2 is 1.81 bits per heavy atom. The zero-order valence-electron chi connectivity index (χ0n) is 21.3. The maximum atomic E-state index is 13.3. The fourth-order valence-corrected chi connectivity index (χ4v) is 7.10. The van der Waals surface area contributed by atoms with E-state index in [0.29, 0.717) is 31.6 Å². The van der Waals surface area contributed by atoms with Crippen LogP contribution in [0, 0.1) is 11.3 Å². The van der Waals surface area contributed by atoms with Crippen molar-refractivity contribution in [3.8, 4) is 6.07 Å². The van der Waals surface area contributed by atoms with Crippen molar-refractivity contribution < 1.29 is 13.2 Å². The molecule has 2 fully saturated rings. The van der Waals surface area contributed by atoms with Crippen molar-refractivity contribution in [3.63, 3.8) is 0 Å². The van der Waals surface area contributed by atoms with Crippen molar-refractivity contribution in [3.05, 3.63) is 35.8 Å². The van der Waals surface area contributed by atoms with Crippen LogP contribution in [0.1, 0.15) is 52.2 Å². The standard InChI is InChI=1S/C25H31N7O3S/c1-16-13-31(23(33)25(5)8-9-36(25,34)35)17(2)12-30(16)21-20-22(29-15-28-21)32(14-24(20,3)4)19-7-6-18(10-26)11-27-19/h6-7,11,15-17H,8-9,12-14H2,1-5H3/t16-,17+,25+/m0/s1. The second-order valence-electron chi connectivity index (χ2n) is 11.0. The third kappa shape index (κ3) is 3.53. The van der Waals surface area contributed by atoms with Crippen LogP contribution < -0.4 is 9.80 Å². The van der Waals surface area contributed by atoms with Crippen LogP contribution in [0.25, 0.3) is 0 Å². The molecule has 3 aliphatic rings. The normalized spacial score (nSPS) is 28.3. The van der Waals surface area contributed by atoms with Gasteiger partial charge in [-0.25, -0.2) is 23.4 Å². The van der Waals surface area contributed by atoms with E-state index in [1.54, 1.807) is 30.4 Å². The van der Waals surface area contributed by atoms with Gasteiger partial charge in [-0.2, -0.15) is 5.26 Å². The summed E-state index contributed by atoms with van der Waals surface area (Å²) >= 11 is 0. The highest BCUT2D eigenvalue weighted by atomic mass is 32.2. The lowest BCUT2D eigenvalue weighted by Gasteiger charge is -2.49. The van der Waals surface area contributed by atoms with E-state index in [1.807, 2.05) is 19.9 Å². The number of aromatic nitrogens is 3. The van der Waals surface area contributed by atoms with E-state index in [9.17, 15) is 13.2 Å². The summed E-state index contributed by atoms with van der Waals surface area (Å²) in [6.45, 7) is 11.5. The van der Waals surface area contributed by atoms with Gasteiger partial charge in [0.2, 0.25) is 5.91 Å². The quantitative estimate of drug-likeness (QED) is 0.612. The van der Waals surface area contributed by atoms with E-state index in [2.05, 4.69) is 39.7 Å². The molecule has 0 aromatic carbocycles. The van der Waals surface area contributed by atoms with Crippen LogP contribution in [0.3, 0.4) is 0 Å². The maximum Gasteiger partial charge on any atom is 0.244 e. The first-order valence-electron chi connectivity index (χ1n) is 12.2. The second-order valence-corrected chi connectivity index (χ2v) is 13.5. The number of pyridine rings is 1. The van der Waals surface area contributed by atoms with Crippen LogP contribution in [0.2, 0.25) is 0 Å². The Bertz CT molecular complexity index is 1370. The number of carbonyl (C=O) groups is 1. The van der Waals surface area contributed by atoms with E-state index in [0.717, 1.165) is 23.0 Å². The molecule has 3 aliphatic heterocycles. The minimum atomic E-state index is -3.39. The minimum Gasteiger partial charge on any atom is -0.350 e. The lowest BCUT2D eigenvalue weighted by molar-refractivity contribution is -0.137. The van der Waals surface area contributed by atoms with Gasteiger partial charge in [-0.3, -0.25) is 4.79 Å². The van der Waals surface area contributed by atoms with Crippen molar-refractivity contribution in [2.75, 3.05) is 35.2 Å². The molecule has 2 aromatic rings. The van der Waals surface area contributed by atoms with Crippen LogP contribution in [-0.4, -0.2) is 76.4 Å². The van der Waals surface area contributed by atoms with Crippen molar-refractivity contribution >= 4 is 33.2 Å². The van der Waals surface area contributed by atoms with Gasteiger partial charge in [0.15, 0.2) is 9.84 Å². The molecule has 0 radical (unpaired) electrons. The van der Waals surface area contributed by atoms with Crippen molar-refractivity contribution in [1.29, 1.82) is 5.26 Å². The van der Waals surface area contributed by atoms with Gasteiger partial charge in [0.05, 0.1) is 11.3 Å². The number of hydrogen-bond acceptors (Lipinski definition) is 9. The van der Waals surface area contributed by atoms with Gasteiger partial charge in [0, 0.05) is 48.9 Å². The summed E-state index contributed by atoms with van der Waals surface area (Å²) in [4.78, 5) is 33.1. The predicted octanol–water partition coefficient (Wildman–Crippen LogP) is 2.18. The molecule has 10 nitrogen and oxygen atoms in total. The smallest absolute Gasteiger partial charge is 0.244 e. The fourth-order valence-electron chi connectivity index (χ4n) is 5.57. The van der Waals surface area contributed by atoms with E-state index in [-0.39, 0.29) is 29.2 Å². The maximum absolute atomic E-state index is 13.3. The van der Waals surface area contributed by atoms with Gasteiger partial charge in [-0.05, 0) is 39.3 Å². The lowest BCUT2D eigenvalue weighted by Crippen LogP contribution is -2.66. The van der Waals surface area contributed by atoms with Crippen LogP contribution in [-0.2, 0) is 20.0 Å². The van der Waals surface area contributed by atoms with Crippen LogP contribution >= 0.6 is 0 Å². The summed E-state index contributed by atoms with van der Waals surface area (Å²) in [6, 6.07) is 5.44. The highest BCUT2D eigenvalue weighted by Crippen LogP contribution is 2.47. The van der Waals surface area contributed by atoms with Crippen LogP contribution in [0.4, 0.5) is 17.5 Å². The number of hydrogen-bond donors (Lipinski definition) is 0. The van der Waals surface area contributed by atoms with E-state index >= 15 is 0 Å². The molecule has 2 saturated heterocycles. The van der Waals surface area contributed by atoms with E-state index in [4.69, 9.17) is 10.2 Å². The average molecular weight is 510 g/mol. The van der Waals surface area contributed by atoms with E-state index in [1.165, 1.54) is 0 Å². The Hall–Kier alpha value is -3.26. The van der Waals surface area contributed by atoms with Gasteiger partial charge in [0.1, 0.15) is 34.6 Å². The predicted molar refractivity (Wildman–Crippen MR) is 136 cm³/mol. The number of sulfone groups is 1. The van der Waals surface area contributed by atoms with Crippen molar-refractivity contribution in [1.82, 2.24) is 19.9 Å². The summed E-state index contributed by atoms with van der Waals surface area (Å²) < 4.78 is 23.5. The molecule has 1 amide bonds. The number of nitrogens with zero attached hydrogens (tertiary/aromatic N) is 7. The number of rotatable bonds is 3. The third-order valence-electron chi connectivity index (χ3n) is 7.95. The molecule has 0 aliphatic carbocycles. The number of fused-ring (bicyclic) bond motifs is 1. The van der Waals surface area contributed by atoms with E-state index < -0.39 is 14.6 Å². The first kappa shape index (κ1) is 24.4. The fraction of sp³-hybridized carbons (Fsp3) is 0.560. The molecule has 11 heteroatoms. The number of piperazine rings is 1. The Balaban J connectivity index is 1.46. The summed E-state index contributed by atoms with van der Waals surface area (Å²) in [5, 5.41) is 9.12. The Labute approximate surface area is 211 Å². The number of nitriles is 1. The summed E-state index contributed by atoms with van der Waals surface area (Å²) in [7, 11) is -3.39. The molecule has 0 unspecified atom stereocenters. The largest absolute Gasteiger partial charge is 0.350 e. The molecule has 0 N–H and O–H groups in total. The molecule has 2 aromatic heterocycles. The average Bonchev–Trinajstić information content (AvgIpc) is 3.14. The summed E-state index contributed by atoms with van der Waals surface area (Å²) in [5.41, 5.74) is 1.24. The molecular formula is C25H31N7O3S. The molecule has 0 saturated carbocycles. The summed E-state index contributed by atoms with van der Waals surface area (Å²) in [5.74, 6) is 2.12. The van der Waals surface area contributed by atoms with Gasteiger partial charge in [-0.15, -0.1) is 0 Å². The number of amides is 1. The molecule has 190 valence electrons. The molecule has 5 rings (SSSR count). The molecule has 0 spiro atoms. The SMILES string of the molecule is C[C@@H]1CN(c2ncnc3c2C(C)(C)CN3c2ccc(C#N)cn2)[C@@H](C)CN1C(=O)[C@@]1(C)CCS1(=O)=O. The zero-order chi connectivity index (χ0) is 26.0. The van der Waals surface area contributed by atoms with Gasteiger partial charge in [-0.1, -0.05) is 13.8 Å². The second kappa shape index (κ2) is 8.13. The first-order valence-corrected chi connectivity index (χ1v) is 13.8. The Kier molecular flexibility index (Phi) is 5.52. The van der Waals surface area contributed by atoms with Crippen LogP contribution in [0.5, 0.6) is 0 Å². The molecule has 36 heavy (non-hydrogen) atoms. The van der Waals surface area contributed by atoms with Crippen molar-refractivity contribution in [2.45, 2.75) is 63.3 Å². The topological polar surface area (TPSA) is 123 Å². The third-order valence-corrected chi connectivity index (χ3v) is 10.4. The highest BCUT2D eigenvalue weighted by Gasteiger charge is 2.57. The Morgan fingerprint density at radius 3 is 2.39 bits per heavy atom. The van der Waals surface area contributed by atoms with Crippen LogP contribution in [0.15, 0.2) is 24.7 Å². The van der Waals surface area contributed by atoms with Gasteiger partial charge in [0.25, 0.3) is 0 Å². The zero-order valence-corrected chi connectivity index (χ0v) is 22.1. The number of anilines is 3. The monoisotopic (exact) mass is 509 g/mol. The van der Waals surface area contributed by atoms with Crippen molar-refractivity contribution in [2.24, 2.45) is 0 Å².